The molecule has 0 spiro atoms. The third kappa shape index (κ3) is 1.88. The van der Waals surface area contributed by atoms with Crippen LogP contribution in [0.5, 0.6) is 0 Å². The van der Waals surface area contributed by atoms with E-state index in [1.165, 1.54) is 11.8 Å². The lowest BCUT2D eigenvalue weighted by molar-refractivity contribution is -0.133. The highest BCUT2D eigenvalue weighted by atomic mass is 32.2. The SMILES string of the molecule is O=C(O)CSc1nccc2sccc12. The molecule has 0 unspecified atom stereocenters. The molecule has 2 aromatic heterocycles. The average Bonchev–Trinajstić information content (AvgIpc) is 2.62. The third-order valence-corrected chi connectivity index (χ3v) is 3.55. The molecule has 14 heavy (non-hydrogen) atoms. The molecular weight excluding hydrogens is 218 g/mol. The lowest BCUT2D eigenvalue weighted by atomic mass is 10.3. The summed E-state index contributed by atoms with van der Waals surface area (Å²) >= 11 is 2.89. The van der Waals surface area contributed by atoms with Crippen LogP contribution in [0.15, 0.2) is 28.7 Å². The largest absolute Gasteiger partial charge is 0.481 e. The Hall–Kier alpha value is -1.07. The number of carbonyl (C=O) groups is 1. The van der Waals surface area contributed by atoms with Crippen LogP contribution in [0.3, 0.4) is 0 Å². The summed E-state index contributed by atoms with van der Waals surface area (Å²) in [7, 11) is 0. The van der Waals surface area contributed by atoms with Crippen molar-refractivity contribution in [2.24, 2.45) is 0 Å². The van der Waals surface area contributed by atoms with Crippen molar-refractivity contribution < 1.29 is 9.90 Å². The maximum atomic E-state index is 10.4. The number of hydrogen-bond donors (Lipinski definition) is 1. The normalized spacial score (nSPS) is 10.6. The van der Waals surface area contributed by atoms with Crippen molar-refractivity contribution in [2.45, 2.75) is 5.03 Å². The van der Waals surface area contributed by atoms with Crippen LogP contribution < -0.4 is 0 Å². The van der Waals surface area contributed by atoms with Gasteiger partial charge in [0.2, 0.25) is 0 Å². The maximum Gasteiger partial charge on any atom is 0.313 e. The van der Waals surface area contributed by atoms with Gasteiger partial charge < -0.3 is 5.11 Å². The van der Waals surface area contributed by atoms with Gasteiger partial charge in [0, 0.05) is 16.3 Å². The number of pyridine rings is 1. The highest BCUT2D eigenvalue weighted by Gasteiger charge is 2.05. The van der Waals surface area contributed by atoms with Crippen molar-refractivity contribution in [3.05, 3.63) is 23.7 Å². The predicted octanol–water partition coefficient (Wildman–Crippen LogP) is 2.47. The third-order valence-electron chi connectivity index (χ3n) is 1.68. The summed E-state index contributed by atoms with van der Waals surface area (Å²) in [4.78, 5) is 14.6. The van der Waals surface area contributed by atoms with E-state index in [0.29, 0.717) is 0 Å². The van der Waals surface area contributed by atoms with Crippen LogP contribution in [0.2, 0.25) is 0 Å². The van der Waals surface area contributed by atoms with Crippen LogP contribution in [0.4, 0.5) is 0 Å². The molecule has 2 heterocycles. The Morgan fingerprint density at radius 1 is 1.57 bits per heavy atom. The summed E-state index contributed by atoms with van der Waals surface area (Å²) in [6.45, 7) is 0. The fourth-order valence-corrected chi connectivity index (χ4v) is 2.69. The zero-order valence-electron chi connectivity index (χ0n) is 7.14. The molecule has 3 nitrogen and oxygen atoms in total. The van der Waals surface area contributed by atoms with E-state index < -0.39 is 5.97 Å². The smallest absolute Gasteiger partial charge is 0.313 e. The van der Waals surface area contributed by atoms with Gasteiger partial charge in [0.1, 0.15) is 5.03 Å². The van der Waals surface area contributed by atoms with E-state index in [2.05, 4.69) is 4.98 Å². The van der Waals surface area contributed by atoms with Gasteiger partial charge in [-0.2, -0.15) is 0 Å². The second-order valence-electron chi connectivity index (χ2n) is 2.63. The van der Waals surface area contributed by atoms with E-state index in [1.807, 2.05) is 17.5 Å². The van der Waals surface area contributed by atoms with E-state index in [0.717, 1.165) is 15.1 Å². The van der Waals surface area contributed by atoms with E-state index in [1.54, 1.807) is 17.5 Å². The van der Waals surface area contributed by atoms with E-state index >= 15 is 0 Å². The van der Waals surface area contributed by atoms with Crippen LogP contribution in [0.25, 0.3) is 10.1 Å². The van der Waals surface area contributed by atoms with Gasteiger partial charge in [0.15, 0.2) is 0 Å². The molecule has 0 aliphatic carbocycles. The Morgan fingerprint density at radius 2 is 2.43 bits per heavy atom. The van der Waals surface area contributed by atoms with Gasteiger partial charge in [-0.25, -0.2) is 4.98 Å². The molecule has 0 amide bonds. The summed E-state index contributed by atoms with van der Waals surface area (Å²) in [5, 5.41) is 12.4. The maximum absolute atomic E-state index is 10.4. The molecule has 0 radical (unpaired) electrons. The first-order valence-electron chi connectivity index (χ1n) is 3.94. The number of thiophene rings is 1. The van der Waals surface area contributed by atoms with Gasteiger partial charge in [0.25, 0.3) is 0 Å². The van der Waals surface area contributed by atoms with Crippen molar-refractivity contribution in [1.29, 1.82) is 0 Å². The first-order chi connectivity index (χ1) is 6.77. The van der Waals surface area contributed by atoms with Gasteiger partial charge in [-0.1, -0.05) is 11.8 Å². The second kappa shape index (κ2) is 3.98. The lowest BCUT2D eigenvalue weighted by Crippen LogP contribution is -1.97. The molecule has 0 aliphatic rings. The molecule has 0 aromatic carbocycles. The molecule has 1 N–H and O–H groups in total. The first kappa shape index (κ1) is 9.48. The molecule has 0 saturated heterocycles. The fraction of sp³-hybridized carbons (Fsp3) is 0.111. The number of carboxylic acids is 1. The van der Waals surface area contributed by atoms with Crippen LogP contribution in [-0.2, 0) is 4.79 Å². The minimum atomic E-state index is -0.816. The quantitative estimate of drug-likeness (QED) is 0.815. The topological polar surface area (TPSA) is 50.2 Å². The first-order valence-corrected chi connectivity index (χ1v) is 5.80. The molecule has 5 heteroatoms. The highest BCUT2D eigenvalue weighted by Crippen LogP contribution is 2.28. The average molecular weight is 225 g/mol. The zero-order valence-corrected chi connectivity index (χ0v) is 8.77. The Morgan fingerprint density at radius 3 is 3.21 bits per heavy atom. The van der Waals surface area contributed by atoms with Gasteiger partial charge in [-0.15, -0.1) is 11.3 Å². The van der Waals surface area contributed by atoms with Crippen LogP contribution in [0.1, 0.15) is 0 Å². The molecule has 0 aliphatic heterocycles. The highest BCUT2D eigenvalue weighted by molar-refractivity contribution is 8.00. The Labute approximate surface area is 88.8 Å². The summed E-state index contributed by atoms with van der Waals surface area (Å²) in [5.74, 6) is -0.758. The van der Waals surface area contributed by atoms with Gasteiger partial charge in [-0.3, -0.25) is 4.79 Å². The molecule has 2 aromatic rings. The number of aliphatic carboxylic acids is 1. The monoisotopic (exact) mass is 225 g/mol. The van der Waals surface area contributed by atoms with E-state index in [4.69, 9.17) is 5.11 Å². The molecule has 72 valence electrons. The van der Waals surface area contributed by atoms with Gasteiger partial charge in [0.05, 0.1) is 5.75 Å². The minimum absolute atomic E-state index is 0.0575. The Bertz CT molecular complexity index is 467. The van der Waals surface area contributed by atoms with Crippen molar-refractivity contribution in [3.63, 3.8) is 0 Å². The fourth-order valence-electron chi connectivity index (χ4n) is 1.11. The molecule has 0 bridgehead atoms. The van der Waals surface area contributed by atoms with Crippen molar-refractivity contribution in [3.8, 4) is 0 Å². The molecule has 0 saturated carbocycles. The number of aromatic nitrogens is 1. The molecule has 0 fully saturated rings. The number of thioether (sulfide) groups is 1. The van der Waals surface area contributed by atoms with Gasteiger partial charge >= 0.3 is 5.97 Å². The second-order valence-corrected chi connectivity index (χ2v) is 4.54. The Kier molecular flexibility index (Phi) is 2.69. The number of carboxylic acid groups (broad SMARTS) is 1. The van der Waals surface area contributed by atoms with Crippen molar-refractivity contribution >= 4 is 39.2 Å². The van der Waals surface area contributed by atoms with E-state index in [9.17, 15) is 4.79 Å². The van der Waals surface area contributed by atoms with Crippen LogP contribution in [0, 0.1) is 0 Å². The summed E-state index contributed by atoms with van der Waals surface area (Å²) < 4.78 is 1.15. The lowest BCUT2D eigenvalue weighted by Gasteiger charge is -1.98. The Balaban J connectivity index is 2.32. The zero-order chi connectivity index (χ0) is 9.97. The number of hydrogen-bond acceptors (Lipinski definition) is 4. The minimum Gasteiger partial charge on any atom is -0.481 e. The molecular formula is C9H7NO2S2. The molecule has 2 rings (SSSR count). The summed E-state index contributed by atoms with van der Waals surface area (Å²) in [6.07, 6.45) is 1.71. The summed E-state index contributed by atoms with van der Waals surface area (Å²) in [6, 6.07) is 3.90. The number of fused-ring (bicyclic) bond motifs is 1. The van der Waals surface area contributed by atoms with Crippen molar-refractivity contribution in [2.75, 3.05) is 5.75 Å². The number of rotatable bonds is 3. The van der Waals surface area contributed by atoms with Gasteiger partial charge in [-0.05, 0) is 17.5 Å². The predicted molar refractivity (Wildman–Crippen MR) is 58.0 cm³/mol. The number of nitrogens with zero attached hydrogens (tertiary/aromatic N) is 1. The molecule has 0 atom stereocenters. The van der Waals surface area contributed by atoms with Crippen molar-refractivity contribution in [1.82, 2.24) is 4.98 Å². The van der Waals surface area contributed by atoms with Crippen LogP contribution in [-0.4, -0.2) is 21.8 Å². The van der Waals surface area contributed by atoms with Crippen LogP contribution >= 0.6 is 23.1 Å². The standard InChI is InChI=1S/C9H7NO2S2/c11-8(12)5-14-9-6-2-4-13-7(6)1-3-10-9/h1-4H,5H2,(H,11,12). The summed E-state index contributed by atoms with van der Waals surface area (Å²) in [5.41, 5.74) is 0. The van der Waals surface area contributed by atoms with E-state index in [-0.39, 0.29) is 5.75 Å².